The molecule has 2 rings (SSSR count). The van der Waals surface area contributed by atoms with Gasteiger partial charge in [-0.15, -0.1) is 0 Å². The molecule has 2 aromatic carbocycles. The summed E-state index contributed by atoms with van der Waals surface area (Å²) in [5.41, 5.74) is 2.64. The molecule has 0 aliphatic rings. The first-order valence-electron chi connectivity index (χ1n) is 7.64. The average Bonchev–Trinajstić information content (AvgIpc) is 2.53. The van der Waals surface area contributed by atoms with E-state index in [1.807, 2.05) is 25.1 Å². The molecular weight excluding hydrogens is 308 g/mol. The second kappa shape index (κ2) is 7.59. The Morgan fingerprint density at radius 2 is 2.00 bits per heavy atom. The second-order valence-corrected chi connectivity index (χ2v) is 5.82. The Morgan fingerprint density at radius 3 is 2.62 bits per heavy atom. The van der Waals surface area contributed by atoms with Gasteiger partial charge in [-0.05, 0) is 42.2 Å². The largest absolute Gasteiger partial charge is 0.484 e. The van der Waals surface area contributed by atoms with Gasteiger partial charge in [-0.1, -0.05) is 26.0 Å². The van der Waals surface area contributed by atoms with Crippen molar-refractivity contribution in [3.05, 3.63) is 63.7 Å². The van der Waals surface area contributed by atoms with Crippen LogP contribution in [0.25, 0.3) is 0 Å². The minimum Gasteiger partial charge on any atom is -0.484 e. The Bertz CT molecular complexity index is 756. The fourth-order valence-electron chi connectivity index (χ4n) is 2.43. The van der Waals surface area contributed by atoms with Crippen molar-refractivity contribution in [2.24, 2.45) is 0 Å². The Balaban J connectivity index is 1.95. The normalized spacial score (nSPS) is 10.5. The van der Waals surface area contributed by atoms with Gasteiger partial charge in [0, 0.05) is 17.8 Å². The third-order valence-corrected chi connectivity index (χ3v) is 3.57. The fourth-order valence-corrected chi connectivity index (χ4v) is 2.43. The minimum absolute atomic E-state index is 0.0754. The first kappa shape index (κ1) is 17.5. The van der Waals surface area contributed by atoms with E-state index in [0.29, 0.717) is 17.4 Å². The summed E-state index contributed by atoms with van der Waals surface area (Å²) in [5.74, 6) is 0.670. The number of nitrogens with one attached hydrogen (secondary N) is 1. The Morgan fingerprint density at radius 1 is 1.25 bits per heavy atom. The molecule has 0 aromatic heterocycles. The number of anilines is 1. The lowest BCUT2D eigenvalue weighted by Gasteiger charge is -2.12. The number of non-ortho nitro benzene ring substituents is 1. The summed E-state index contributed by atoms with van der Waals surface area (Å²) < 4.78 is 5.49. The number of benzene rings is 2. The molecule has 0 radical (unpaired) electrons. The summed E-state index contributed by atoms with van der Waals surface area (Å²) in [6, 6.07) is 11.5. The SMILES string of the molecule is Cc1cc(OCC(=O)Nc2cccc([N+](=O)[O-])c2)ccc1C(C)C. The molecule has 1 amide bonds. The molecule has 0 aliphatic heterocycles. The lowest BCUT2D eigenvalue weighted by atomic mass is 9.98. The molecule has 0 saturated heterocycles. The molecule has 0 aliphatic carbocycles. The number of aryl methyl sites for hydroxylation is 1. The molecule has 0 bridgehead atoms. The van der Waals surface area contributed by atoms with E-state index >= 15 is 0 Å². The van der Waals surface area contributed by atoms with Gasteiger partial charge in [0.25, 0.3) is 11.6 Å². The molecule has 0 atom stereocenters. The van der Waals surface area contributed by atoms with Gasteiger partial charge in [0.05, 0.1) is 4.92 Å². The van der Waals surface area contributed by atoms with E-state index in [2.05, 4.69) is 19.2 Å². The van der Waals surface area contributed by atoms with Gasteiger partial charge in [0.1, 0.15) is 5.75 Å². The van der Waals surface area contributed by atoms with Crippen LogP contribution >= 0.6 is 0 Å². The summed E-state index contributed by atoms with van der Waals surface area (Å²) in [6.07, 6.45) is 0. The second-order valence-electron chi connectivity index (χ2n) is 5.82. The van der Waals surface area contributed by atoms with Crippen molar-refractivity contribution in [3.63, 3.8) is 0 Å². The van der Waals surface area contributed by atoms with Crippen LogP contribution < -0.4 is 10.1 Å². The number of carbonyl (C=O) groups is 1. The van der Waals surface area contributed by atoms with Gasteiger partial charge in [-0.25, -0.2) is 0 Å². The molecule has 126 valence electrons. The molecule has 6 nitrogen and oxygen atoms in total. The van der Waals surface area contributed by atoms with Crippen LogP contribution in [0.5, 0.6) is 5.75 Å². The minimum atomic E-state index is -0.509. The van der Waals surface area contributed by atoms with E-state index in [1.54, 1.807) is 6.07 Å². The van der Waals surface area contributed by atoms with Gasteiger partial charge in [0.15, 0.2) is 6.61 Å². The van der Waals surface area contributed by atoms with Crippen molar-refractivity contribution < 1.29 is 14.5 Å². The van der Waals surface area contributed by atoms with Crippen LogP contribution in [-0.2, 0) is 4.79 Å². The Kier molecular flexibility index (Phi) is 5.52. The third-order valence-electron chi connectivity index (χ3n) is 3.57. The predicted octanol–water partition coefficient (Wildman–Crippen LogP) is 4.04. The van der Waals surface area contributed by atoms with E-state index in [0.717, 1.165) is 5.56 Å². The zero-order chi connectivity index (χ0) is 17.7. The van der Waals surface area contributed by atoms with E-state index in [1.165, 1.54) is 23.8 Å². The van der Waals surface area contributed by atoms with Gasteiger partial charge in [-0.2, -0.15) is 0 Å². The molecule has 0 saturated carbocycles. The summed E-state index contributed by atoms with van der Waals surface area (Å²) >= 11 is 0. The van der Waals surface area contributed by atoms with Crippen molar-refractivity contribution >= 4 is 17.3 Å². The highest BCUT2D eigenvalue weighted by molar-refractivity contribution is 5.92. The molecule has 0 unspecified atom stereocenters. The van der Waals surface area contributed by atoms with Crippen molar-refractivity contribution in [2.75, 3.05) is 11.9 Å². The monoisotopic (exact) mass is 328 g/mol. The molecular formula is C18H20N2O4. The lowest BCUT2D eigenvalue weighted by molar-refractivity contribution is -0.384. The maximum Gasteiger partial charge on any atom is 0.271 e. The van der Waals surface area contributed by atoms with Crippen molar-refractivity contribution in [3.8, 4) is 5.75 Å². The smallest absolute Gasteiger partial charge is 0.271 e. The first-order valence-corrected chi connectivity index (χ1v) is 7.64. The molecule has 0 heterocycles. The van der Waals surface area contributed by atoms with Crippen LogP contribution in [0.15, 0.2) is 42.5 Å². The summed E-state index contributed by atoms with van der Waals surface area (Å²) in [7, 11) is 0. The van der Waals surface area contributed by atoms with Crippen LogP contribution in [0.1, 0.15) is 30.9 Å². The number of hydrogen-bond acceptors (Lipinski definition) is 4. The lowest BCUT2D eigenvalue weighted by Crippen LogP contribution is -2.20. The van der Waals surface area contributed by atoms with Crippen LogP contribution in [0.4, 0.5) is 11.4 Å². The predicted molar refractivity (Wildman–Crippen MR) is 92.5 cm³/mol. The van der Waals surface area contributed by atoms with Crippen molar-refractivity contribution in [2.45, 2.75) is 26.7 Å². The number of ether oxygens (including phenoxy) is 1. The summed E-state index contributed by atoms with van der Waals surface area (Å²) in [5, 5.41) is 13.3. The van der Waals surface area contributed by atoms with Gasteiger partial charge < -0.3 is 10.1 Å². The average molecular weight is 328 g/mol. The van der Waals surface area contributed by atoms with E-state index in [9.17, 15) is 14.9 Å². The molecule has 0 fully saturated rings. The quantitative estimate of drug-likeness (QED) is 0.641. The number of hydrogen-bond donors (Lipinski definition) is 1. The maximum atomic E-state index is 11.9. The maximum absolute atomic E-state index is 11.9. The van der Waals surface area contributed by atoms with Gasteiger partial charge in [0.2, 0.25) is 0 Å². The number of nitro benzene ring substituents is 1. The van der Waals surface area contributed by atoms with Gasteiger partial charge >= 0.3 is 0 Å². The third kappa shape index (κ3) is 4.55. The number of nitrogens with zero attached hydrogens (tertiary/aromatic N) is 1. The summed E-state index contributed by atoms with van der Waals surface area (Å²) in [6.45, 7) is 6.08. The highest BCUT2D eigenvalue weighted by Crippen LogP contribution is 2.23. The zero-order valence-electron chi connectivity index (χ0n) is 13.9. The van der Waals surface area contributed by atoms with Crippen LogP contribution in [0.3, 0.4) is 0 Å². The number of rotatable bonds is 6. The van der Waals surface area contributed by atoms with Crippen LogP contribution in [0.2, 0.25) is 0 Å². The highest BCUT2D eigenvalue weighted by atomic mass is 16.6. The Labute approximate surface area is 140 Å². The summed E-state index contributed by atoms with van der Waals surface area (Å²) in [4.78, 5) is 22.1. The van der Waals surface area contributed by atoms with Crippen LogP contribution in [-0.4, -0.2) is 17.4 Å². The highest BCUT2D eigenvalue weighted by Gasteiger charge is 2.10. The van der Waals surface area contributed by atoms with Crippen molar-refractivity contribution in [1.82, 2.24) is 0 Å². The molecule has 24 heavy (non-hydrogen) atoms. The fraction of sp³-hybridized carbons (Fsp3) is 0.278. The van der Waals surface area contributed by atoms with E-state index < -0.39 is 4.92 Å². The number of nitro groups is 1. The van der Waals surface area contributed by atoms with Crippen LogP contribution in [0, 0.1) is 17.0 Å². The number of carbonyl (C=O) groups excluding carboxylic acids is 1. The topological polar surface area (TPSA) is 81.5 Å². The molecule has 6 heteroatoms. The van der Waals surface area contributed by atoms with E-state index in [4.69, 9.17) is 4.74 Å². The molecule has 2 aromatic rings. The number of amides is 1. The van der Waals surface area contributed by atoms with Gasteiger partial charge in [-0.3, -0.25) is 14.9 Å². The standard InChI is InChI=1S/C18H20N2O4/c1-12(2)17-8-7-16(9-13(17)3)24-11-18(21)19-14-5-4-6-15(10-14)20(22)23/h4-10,12H,11H2,1-3H3,(H,19,21). The van der Waals surface area contributed by atoms with E-state index in [-0.39, 0.29) is 18.2 Å². The molecule has 1 N–H and O–H groups in total. The first-order chi connectivity index (χ1) is 11.4. The van der Waals surface area contributed by atoms with Crippen molar-refractivity contribution in [1.29, 1.82) is 0 Å². The molecule has 0 spiro atoms. The zero-order valence-corrected chi connectivity index (χ0v) is 13.9. The Hall–Kier alpha value is -2.89.